The highest BCUT2D eigenvalue weighted by atomic mass is 32.1. The minimum Gasteiger partial charge on any atom is -0.507 e. The van der Waals surface area contributed by atoms with Crippen molar-refractivity contribution in [1.29, 1.82) is 0 Å². The lowest BCUT2D eigenvalue weighted by atomic mass is 9.86. The van der Waals surface area contributed by atoms with Crippen LogP contribution in [0.25, 0.3) is 6.08 Å². The highest BCUT2D eigenvalue weighted by Crippen LogP contribution is 2.31. The van der Waals surface area contributed by atoms with Crippen LogP contribution in [0.4, 0.5) is 5.69 Å². The number of carbonyl (C=O) groups is 2. The number of anilines is 1. The Bertz CT molecular complexity index is 1290. The molecule has 1 aliphatic heterocycles. The number of amides is 2. The standard InChI is InChI=1S/C27H24N2O4S/c1-27(2,3)18-9-14-23(30)17(15-18)16-22-24(31)28-26(34)29(25(22)32)19-10-12-21(13-11-19)33-20-7-5-4-6-8-20/h4-16,30H,1-3H3,(H,28,31,34). The number of phenolic OH excluding ortho intramolecular Hbond substituents is 1. The van der Waals surface area contributed by atoms with Crippen molar-refractivity contribution in [3.8, 4) is 17.2 Å². The molecule has 4 rings (SSSR count). The smallest absolute Gasteiger partial charge is 0.270 e. The Morgan fingerprint density at radius 2 is 1.59 bits per heavy atom. The molecular formula is C27H24N2O4S. The van der Waals surface area contributed by atoms with Gasteiger partial charge in [-0.2, -0.15) is 0 Å². The minimum atomic E-state index is -0.615. The van der Waals surface area contributed by atoms with E-state index in [4.69, 9.17) is 17.0 Å². The predicted octanol–water partition coefficient (Wildman–Crippen LogP) is 5.31. The molecule has 2 amide bonds. The zero-order chi connectivity index (χ0) is 24.5. The van der Waals surface area contributed by atoms with Crippen molar-refractivity contribution in [3.05, 3.63) is 89.5 Å². The molecule has 1 aliphatic rings. The van der Waals surface area contributed by atoms with Gasteiger partial charge in [-0.1, -0.05) is 45.0 Å². The Balaban J connectivity index is 1.64. The zero-order valence-corrected chi connectivity index (χ0v) is 19.8. The van der Waals surface area contributed by atoms with Gasteiger partial charge in [0.25, 0.3) is 11.8 Å². The van der Waals surface area contributed by atoms with Gasteiger partial charge >= 0.3 is 0 Å². The van der Waals surface area contributed by atoms with E-state index in [0.29, 0.717) is 22.7 Å². The molecule has 3 aromatic carbocycles. The Morgan fingerprint density at radius 1 is 0.941 bits per heavy atom. The number of aromatic hydroxyl groups is 1. The summed E-state index contributed by atoms with van der Waals surface area (Å²) in [6.07, 6.45) is 1.39. The molecule has 1 saturated heterocycles. The van der Waals surface area contributed by atoms with E-state index in [9.17, 15) is 14.7 Å². The van der Waals surface area contributed by atoms with Crippen LogP contribution in [-0.2, 0) is 15.0 Å². The van der Waals surface area contributed by atoms with Gasteiger partial charge in [0.15, 0.2) is 5.11 Å². The molecule has 2 N–H and O–H groups in total. The molecule has 0 spiro atoms. The molecule has 0 atom stereocenters. The molecular weight excluding hydrogens is 448 g/mol. The number of carbonyl (C=O) groups excluding carboxylic acids is 2. The molecule has 0 radical (unpaired) electrons. The highest BCUT2D eigenvalue weighted by molar-refractivity contribution is 7.80. The molecule has 1 heterocycles. The van der Waals surface area contributed by atoms with Crippen LogP contribution in [0.2, 0.25) is 0 Å². The van der Waals surface area contributed by atoms with E-state index >= 15 is 0 Å². The molecule has 0 aromatic heterocycles. The summed E-state index contributed by atoms with van der Waals surface area (Å²) in [4.78, 5) is 27.2. The van der Waals surface area contributed by atoms with Crippen LogP contribution < -0.4 is 15.0 Å². The Kier molecular flexibility index (Phi) is 6.22. The summed E-state index contributed by atoms with van der Waals surface area (Å²) in [6.45, 7) is 6.13. The number of para-hydroxylation sites is 1. The van der Waals surface area contributed by atoms with Crippen molar-refractivity contribution >= 4 is 40.9 Å². The summed E-state index contributed by atoms with van der Waals surface area (Å²) < 4.78 is 5.80. The number of nitrogens with zero attached hydrogens (tertiary/aromatic N) is 1. The second-order valence-electron chi connectivity index (χ2n) is 8.89. The maximum atomic E-state index is 13.3. The van der Waals surface area contributed by atoms with Crippen molar-refractivity contribution in [2.24, 2.45) is 0 Å². The third-order valence-electron chi connectivity index (χ3n) is 5.37. The van der Waals surface area contributed by atoms with Crippen LogP contribution in [0, 0.1) is 0 Å². The fourth-order valence-electron chi connectivity index (χ4n) is 3.47. The first-order chi connectivity index (χ1) is 16.1. The summed E-state index contributed by atoms with van der Waals surface area (Å²) in [7, 11) is 0. The number of ether oxygens (including phenoxy) is 1. The number of benzene rings is 3. The number of nitrogens with one attached hydrogen (secondary N) is 1. The van der Waals surface area contributed by atoms with Crippen molar-refractivity contribution in [3.63, 3.8) is 0 Å². The summed E-state index contributed by atoms with van der Waals surface area (Å²) in [5.41, 5.74) is 1.53. The number of rotatable bonds is 4. The molecule has 0 saturated carbocycles. The third-order valence-corrected chi connectivity index (χ3v) is 5.65. The monoisotopic (exact) mass is 472 g/mol. The normalized spacial score (nSPS) is 15.4. The Labute approximate surface area is 203 Å². The maximum Gasteiger partial charge on any atom is 0.270 e. The van der Waals surface area contributed by atoms with Crippen LogP contribution in [0.15, 0.2) is 78.4 Å². The zero-order valence-electron chi connectivity index (χ0n) is 19.0. The first-order valence-corrected chi connectivity index (χ1v) is 11.1. The molecule has 6 nitrogen and oxygen atoms in total. The van der Waals surface area contributed by atoms with E-state index in [1.807, 2.05) is 57.2 Å². The average Bonchev–Trinajstić information content (AvgIpc) is 2.78. The van der Waals surface area contributed by atoms with Gasteiger partial charge in [0.05, 0.1) is 5.69 Å². The second kappa shape index (κ2) is 9.11. The second-order valence-corrected chi connectivity index (χ2v) is 9.28. The lowest BCUT2D eigenvalue weighted by Gasteiger charge is -2.29. The molecule has 1 fully saturated rings. The minimum absolute atomic E-state index is 0.0171. The van der Waals surface area contributed by atoms with E-state index in [0.717, 1.165) is 5.56 Å². The van der Waals surface area contributed by atoms with E-state index in [-0.39, 0.29) is 21.9 Å². The predicted molar refractivity (Wildman–Crippen MR) is 136 cm³/mol. The van der Waals surface area contributed by atoms with Crippen molar-refractivity contribution in [1.82, 2.24) is 5.32 Å². The van der Waals surface area contributed by atoms with Crippen LogP contribution in [0.5, 0.6) is 17.2 Å². The van der Waals surface area contributed by atoms with Gasteiger partial charge in [-0.15, -0.1) is 0 Å². The molecule has 34 heavy (non-hydrogen) atoms. The number of hydrogen-bond acceptors (Lipinski definition) is 5. The van der Waals surface area contributed by atoms with Crippen molar-refractivity contribution in [2.45, 2.75) is 26.2 Å². The molecule has 0 aliphatic carbocycles. The summed E-state index contributed by atoms with van der Waals surface area (Å²) in [5, 5.41) is 12.9. The van der Waals surface area contributed by atoms with E-state index in [1.54, 1.807) is 36.4 Å². The van der Waals surface area contributed by atoms with Crippen LogP contribution >= 0.6 is 12.2 Å². The van der Waals surface area contributed by atoms with Gasteiger partial charge < -0.3 is 9.84 Å². The Hall–Kier alpha value is -3.97. The maximum absolute atomic E-state index is 13.3. The van der Waals surface area contributed by atoms with Gasteiger partial charge in [-0.05, 0) is 77.8 Å². The fraction of sp³-hybridized carbons (Fsp3) is 0.148. The van der Waals surface area contributed by atoms with Gasteiger partial charge in [-0.25, -0.2) is 0 Å². The quantitative estimate of drug-likeness (QED) is 0.306. The lowest BCUT2D eigenvalue weighted by molar-refractivity contribution is -0.122. The SMILES string of the molecule is CC(C)(C)c1ccc(O)c(C=C2C(=O)NC(=S)N(c3ccc(Oc4ccccc4)cc3)C2=O)c1. The molecule has 0 unspecified atom stereocenters. The number of thiocarbonyl (C=S) groups is 1. The summed E-state index contributed by atoms with van der Waals surface area (Å²) in [5.74, 6) is 0.0636. The summed E-state index contributed by atoms with van der Waals surface area (Å²) in [6, 6.07) is 21.3. The summed E-state index contributed by atoms with van der Waals surface area (Å²) >= 11 is 5.28. The van der Waals surface area contributed by atoms with E-state index < -0.39 is 11.8 Å². The van der Waals surface area contributed by atoms with Gasteiger partial charge in [0, 0.05) is 5.56 Å². The highest BCUT2D eigenvalue weighted by Gasteiger charge is 2.34. The first-order valence-electron chi connectivity index (χ1n) is 10.7. The van der Waals surface area contributed by atoms with E-state index in [2.05, 4.69) is 5.32 Å². The van der Waals surface area contributed by atoms with Crippen LogP contribution in [0.1, 0.15) is 31.9 Å². The van der Waals surface area contributed by atoms with Crippen LogP contribution in [-0.4, -0.2) is 22.0 Å². The van der Waals surface area contributed by atoms with E-state index in [1.165, 1.54) is 11.0 Å². The lowest BCUT2D eigenvalue weighted by Crippen LogP contribution is -2.54. The third kappa shape index (κ3) is 4.84. The molecule has 7 heteroatoms. The van der Waals surface area contributed by atoms with Crippen molar-refractivity contribution in [2.75, 3.05) is 4.90 Å². The Morgan fingerprint density at radius 3 is 2.24 bits per heavy atom. The molecule has 3 aromatic rings. The van der Waals surface area contributed by atoms with Gasteiger partial charge in [0.1, 0.15) is 22.8 Å². The largest absolute Gasteiger partial charge is 0.507 e. The van der Waals surface area contributed by atoms with Crippen LogP contribution in [0.3, 0.4) is 0 Å². The molecule has 172 valence electrons. The topological polar surface area (TPSA) is 78.9 Å². The number of hydrogen-bond donors (Lipinski definition) is 2. The fourth-order valence-corrected chi connectivity index (χ4v) is 3.75. The number of phenols is 1. The van der Waals surface area contributed by atoms with Crippen molar-refractivity contribution < 1.29 is 19.4 Å². The first kappa shape index (κ1) is 23.2. The average molecular weight is 473 g/mol. The van der Waals surface area contributed by atoms with Gasteiger partial charge in [-0.3, -0.25) is 19.8 Å². The van der Waals surface area contributed by atoms with Gasteiger partial charge in [0.2, 0.25) is 0 Å². The molecule has 0 bridgehead atoms.